The second kappa shape index (κ2) is 6.45. The van der Waals surface area contributed by atoms with Gasteiger partial charge in [-0.3, -0.25) is 9.48 Å². The summed E-state index contributed by atoms with van der Waals surface area (Å²) in [5.41, 5.74) is 1.87. The van der Waals surface area contributed by atoms with Crippen molar-refractivity contribution < 1.29 is 4.79 Å². The normalized spacial score (nSPS) is 14.5. The van der Waals surface area contributed by atoms with Crippen LogP contribution in [0.1, 0.15) is 22.1 Å². The third-order valence-electron chi connectivity index (χ3n) is 4.52. The first kappa shape index (κ1) is 14.9. The van der Waals surface area contributed by atoms with E-state index in [0.717, 1.165) is 19.5 Å². The lowest BCUT2D eigenvalue weighted by Gasteiger charge is -2.28. The maximum absolute atomic E-state index is 12.4. The molecule has 1 amide bonds. The molecule has 1 aromatic heterocycles. The van der Waals surface area contributed by atoms with Gasteiger partial charge in [-0.05, 0) is 28.8 Å². The Morgan fingerprint density at radius 3 is 2.79 bits per heavy atom. The minimum Gasteiger partial charge on any atom is -0.350 e. The third-order valence-corrected chi connectivity index (χ3v) is 4.52. The summed E-state index contributed by atoms with van der Waals surface area (Å²) >= 11 is 0. The number of fused-ring (bicyclic) bond motifs is 1. The van der Waals surface area contributed by atoms with Gasteiger partial charge in [-0.25, -0.2) is 0 Å². The van der Waals surface area contributed by atoms with E-state index in [4.69, 9.17) is 0 Å². The van der Waals surface area contributed by atoms with Crippen molar-refractivity contribution in [1.29, 1.82) is 0 Å². The Hall–Kier alpha value is -2.66. The maximum Gasteiger partial charge on any atom is 0.269 e. The molecule has 122 valence electrons. The number of hydrogen-bond donors (Lipinski definition) is 2. The number of nitrogens with one attached hydrogen (secondary N) is 2. The zero-order valence-electron chi connectivity index (χ0n) is 13.4. The summed E-state index contributed by atoms with van der Waals surface area (Å²) < 4.78 is 1.82. The quantitative estimate of drug-likeness (QED) is 0.757. The van der Waals surface area contributed by atoms with Gasteiger partial charge in [0.15, 0.2) is 0 Å². The maximum atomic E-state index is 12.4. The summed E-state index contributed by atoms with van der Waals surface area (Å²) in [6.07, 6.45) is 2.51. The Morgan fingerprint density at radius 1 is 1.17 bits per heavy atom. The van der Waals surface area contributed by atoms with Crippen molar-refractivity contribution in [3.8, 4) is 0 Å². The summed E-state index contributed by atoms with van der Waals surface area (Å²) in [5, 5.41) is 13.0. The Balaban J connectivity index is 1.38. The number of hydrogen-bond acceptors (Lipinski definition) is 3. The largest absolute Gasteiger partial charge is 0.350 e. The van der Waals surface area contributed by atoms with Crippen LogP contribution in [0, 0.1) is 0 Å². The Labute approximate surface area is 140 Å². The minimum atomic E-state index is -0.0554. The van der Waals surface area contributed by atoms with Gasteiger partial charge < -0.3 is 10.6 Å². The first-order valence-corrected chi connectivity index (χ1v) is 8.31. The molecule has 1 fully saturated rings. The monoisotopic (exact) mass is 320 g/mol. The third kappa shape index (κ3) is 2.90. The molecule has 5 heteroatoms. The highest BCUT2D eigenvalue weighted by atomic mass is 16.2. The van der Waals surface area contributed by atoms with E-state index < -0.39 is 0 Å². The predicted octanol–water partition coefficient (Wildman–Crippen LogP) is 2.15. The van der Waals surface area contributed by atoms with E-state index in [-0.39, 0.29) is 5.91 Å². The van der Waals surface area contributed by atoms with E-state index in [9.17, 15) is 4.79 Å². The molecule has 0 unspecified atom stereocenters. The highest BCUT2D eigenvalue weighted by molar-refractivity contribution is 5.92. The van der Waals surface area contributed by atoms with Gasteiger partial charge in [0.25, 0.3) is 5.91 Å². The van der Waals surface area contributed by atoms with Crippen molar-refractivity contribution in [2.45, 2.75) is 12.5 Å². The fourth-order valence-corrected chi connectivity index (χ4v) is 3.04. The number of aromatic nitrogens is 2. The van der Waals surface area contributed by atoms with Gasteiger partial charge in [-0.2, -0.15) is 5.10 Å². The highest BCUT2D eigenvalue weighted by Crippen LogP contribution is 2.16. The lowest BCUT2D eigenvalue weighted by atomic mass is 10.1. The van der Waals surface area contributed by atoms with Gasteiger partial charge in [-0.15, -0.1) is 0 Å². The molecule has 2 heterocycles. The van der Waals surface area contributed by atoms with Crippen LogP contribution in [0.3, 0.4) is 0 Å². The fourth-order valence-electron chi connectivity index (χ4n) is 3.04. The lowest BCUT2D eigenvalue weighted by Crippen LogP contribution is -2.45. The molecule has 0 aliphatic carbocycles. The van der Waals surface area contributed by atoms with Crippen molar-refractivity contribution in [1.82, 2.24) is 20.4 Å². The summed E-state index contributed by atoms with van der Waals surface area (Å²) in [6, 6.07) is 16.8. The predicted molar refractivity (Wildman–Crippen MR) is 94.1 cm³/mol. The molecule has 0 bridgehead atoms. The summed E-state index contributed by atoms with van der Waals surface area (Å²) in [7, 11) is 0. The molecule has 2 N–H and O–H groups in total. The van der Waals surface area contributed by atoms with Crippen LogP contribution in [-0.4, -0.2) is 35.3 Å². The van der Waals surface area contributed by atoms with Crippen molar-refractivity contribution in [3.05, 3.63) is 66.0 Å². The van der Waals surface area contributed by atoms with Gasteiger partial charge in [0.2, 0.25) is 0 Å². The Morgan fingerprint density at radius 2 is 2.00 bits per heavy atom. The second-order valence-corrected chi connectivity index (χ2v) is 6.16. The zero-order valence-corrected chi connectivity index (χ0v) is 13.4. The van der Waals surface area contributed by atoms with Crippen molar-refractivity contribution in [2.24, 2.45) is 0 Å². The minimum absolute atomic E-state index is 0.0554. The van der Waals surface area contributed by atoms with Gasteiger partial charge in [-0.1, -0.05) is 42.5 Å². The van der Waals surface area contributed by atoms with E-state index in [1.807, 2.05) is 16.8 Å². The molecule has 4 rings (SSSR count). The van der Waals surface area contributed by atoms with Crippen LogP contribution in [-0.2, 0) is 6.42 Å². The van der Waals surface area contributed by atoms with Crippen molar-refractivity contribution >= 4 is 16.7 Å². The van der Waals surface area contributed by atoms with Crippen LogP contribution >= 0.6 is 0 Å². The second-order valence-electron chi connectivity index (χ2n) is 6.16. The molecule has 2 aromatic carbocycles. The van der Waals surface area contributed by atoms with Gasteiger partial charge >= 0.3 is 0 Å². The molecule has 0 atom stereocenters. The number of nitrogens with zero attached hydrogens (tertiary/aromatic N) is 2. The average molecular weight is 320 g/mol. The smallest absolute Gasteiger partial charge is 0.269 e. The summed E-state index contributed by atoms with van der Waals surface area (Å²) in [6.45, 7) is 2.36. The van der Waals surface area contributed by atoms with Gasteiger partial charge in [0, 0.05) is 25.8 Å². The van der Waals surface area contributed by atoms with E-state index >= 15 is 0 Å². The summed E-state index contributed by atoms with van der Waals surface area (Å²) in [4.78, 5) is 12.4. The topological polar surface area (TPSA) is 59.0 Å². The lowest BCUT2D eigenvalue weighted by molar-refractivity contribution is 0.0937. The number of carbonyl (C=O) groups excluding carboxylic acids is 1. The molecule has 1 saturated heterocycles. The van der Waals surface area contributed by atoms with E-state index in [0.29, 0.717) is 18.3 Å². The molecule has 1 aliphatic rings. The average Bonchev–Trinajstić information content (AvgIpc) is 3.02. The first-order chi connectivity index (χ1) is 11.8. The molecular formula is C19H20N4O. The van der Waals surface area contributed by atoms with Crippen LogP contribution in [0.5, 0.6) is 0 Å². The van der Waals surface area contributed by atoms with E-state index in [1.54, 1.807) is 12.3 Å². The standard InChI is InChI=1S/C19H20N4O/c24-19(18-8-10-22-23(18)17-12-20-13-17)21-9-7-14-5-6-15-3-1-2-4-16(15)11-14/h1-6,8,10-11,17,20H,7,9,12-13H2,(H,21,24). The molecule has 0 radical (unpaired) electrons. The molecule has 3 aromatic rings. The molecule has 0 saturated carbocycles. The number of benzene rings is 2. The van der Waals surface area contributed by atoms with Crippen LogP contribution in [0.25, 0.3) is 10.8 Å². The first-order valence-electron chi connectivity index (χ1n) is 8.31. The molecule has 0 spiro atoms. The Kier molecular flexibility index (Phi) is 4.01. The zero-order chi connectivity index (χ0) is 16.4. The molecular weight excluding hydrogens is 300 g/mol. The van der Waals surface area contributed by atoms with Crippen LogP contribution in [0.2, 0.25) is 0 Å². The molecule has 5 nitrogen and oxygen atoms in total. The fraction of sp³-hybridized carbons (Fsp3) is 0.263. The number of amides is 1. The SMILES string of the molecule is O=C(NCCc1ccc2ccccc2c1)c1ccnn1C1CNC1. The van der Waals surface area contributed by atoms with Gasteiger partial charge in [0.05, 0.1) is 6.04 Å². The van der Waals surface area contributed by atoms with E-state index in [2.05, 4.69) is 46.1 Å². The van der Waals surface area contributed by atoms with Crippen LogP contribution < -0.4 is 10.6 Å². The molecule has 1 aliphatic heterocycles. The van der Waals surface area contributed by atoms with Crippen molar-refractivity contribution in [2.75, 3.05) is 19.6 Å². The number of rotatable bonds is 5. The van der Waals surface area contributed by atoms with Crippen LogP contribution in [0.4, 0.5) is 0 Å². The Bertz CT molecular complexity index is 866. The highest BCUT2D eigenvalue weighted by Gasteiger charge is 2.23. The summed E-state index contributed by atoms with van der Waals surface area (Å²) in [5.74, 6) is -0.0554. The van der Waals surface area contributed by atoms with E-state index in [1.165, 1.54) is 16.3 Å². The van der Waals surface area contributed by atoms with Gasteiger partial charge in [0.1, 0.15) is 5.69 Å². The molecule has 24 heavy (non-hydrogen) atoms. The van der Waals surface area contributed by atoms with Crippen LogP contribution in [0.15, 0.2) is 54.7 Å². The van der Waals surface area contributed by atoms with Crippen molar-refractivity contribution in [3.63, 3.8) is 0 Å². The number of carbonyl (C=O) groups is 1.